The highest BCUT2D eigenvalue weighted by atomic mass is 15.2. The molecule has 0 spiro atoms. The Kier molecular flexibility index (Phi) is 4.00. The molecule has 17 heavy (non-hydrogen) atoms. The molecule has 1 aromatic rings. The van der Waals surface area contributed by atoms with Gasteiger partial charge in [0.1, 0.15) is 5.82 Å². The molecule has 3 nitrogen and oxygen atoms in total. The number of nitrogens with two attached hydrogens (primary N) is 1. The maximum absolute atomic E-state index is 5.84. The van der Waals surface area contributed by atoms with E-state index in [0.29, 0.717) is 6.04 Å². The zero-order chi connectivity index (χ0) is 12.3. The molecule has 0 saturated heterocycles. The number of rotatable bonds is 4. The molecule has 1 aromatic heterocycles. The van der Waals surface area contributed by atoms with Crippen molar-refractivity contribution >= 4 is 5.82 Å². The van der Waals surface area contributed by atoms with Crippen molar-refractivity contribution in [3.8, 4) is 0 Å². The molecule has 1 aliphatic carbocycles. The van der Waals surface area contributed by atoms with Crippen LogP contribution in [-0.2, 0) is 0 Å². The second kappa shape index (κ2) is 5.50. The van der Waals surface area contributed by atoms with Crippen molar-refractivity contribution < 1.29 is 0 Å². The lowest BCUT2D eigenvalue weighted by molar-refractivity contribution is 0.612. The van der Waals surface area contributed by atoms with E-state index in [-0.39, 0.29) is 6.04 Å². The third-order valence-corrected chi connectivity index (χ3v) is 3.70. The van der Waals surface area contributed by atoms with E-state index in [1.807, 2.05) is 13.1 Å². The number of hydrogen-bond donors (Lipinski definition) is 1. The third kappa shape index (κ3) is 2.78. The number of aromatic nitrogens is 1. The summed E-state index contributed by atoms with van der Waals surface area (Å²) in [6.45, 7) is 5.24. The molecule has 2 rings (SSSR count). The fourth-order valence-electron chi connectivity index (χ4n) is 2.66. The summed E-state index contributed by atoms with van der Waals surface area (Å²) in [4.78, 5) is 6.99. The van der Waals surface area contributed by atoms with Gasteiger partial charge in [-0.25, -0.2) is 4.98 Å². The van der Waals surface area contributed by atoms with E-state index in [1.54, 1.807) is 0 Å². The molecule has 1 saturated carbocycles. The molecule has 0 aliphatic heterocycles. The van der Waals surface area contributed by atoms with E-state index in [1.165, 1.54) is 25.7 Å². The van der Waals surface area contributed by atoms with Crippen LogP contribution in [0.1, 0.15) is 51.1 Å². The molecule has 1 heterocycles. The quantitative estimate of drug-likeness (QED) is 0.869. The summed E-state index contributed by atoms with van der Waals surface area (Å²) in [7, 11) is 0. The van der Waals surface area contributed by atoms with Crippen LogP contribution in [0.25, 0.3) is 0 Å². The maximum atomic E-state index is 5.84. The minimum atomic E-state index is 0.0677. The van der Waals surface area contributed by atoms with E-state index in [4.69, 9.17) is 5.73 Å². The summed E-state index contributed by atoms with van der Waals surface area (Å²) in [6.07, 6.45) is 7.25. The Bertz CT molecular complexity index is 339. The summed E-state index contributed by atoms with van der Waals surface area (Å²) < 4.78 is 0. The van der Waals surface area contributed by atoms with Crippen LogP contribution in [-0.4, -0.2) is 17.6 Å². The predicted octanol–water partition coefficient (Wildman–Crippen LogP) is 2.87. The van der Waals surface area contributed by atoms with Crippen LogP contribution in [0.15, 0.2) is 18.3 Å². The van der Waals surface area contributed by atoms with Crippen LogP contribution in [0.5, 0.6) is 0 Å². The van der Waals surface area contributed by atoms with Crippen LogP contribution < -0.4 is 10.6 Å². The largest absolute Gasteiger partial charge is 0.354 e. The fraction of sp³-hybridized carbons (Fsp3) is 0.643. The predicted molar refractivity (Wildman–Crippen MR) is 72.1 cm³/mol. The molecule has 3 heteroatoms. The molecule has 1 fully saturated rings. The second-order valence-corrected chi connectivity index (χ2v) is 4.96. The van der Waals surface area contributed by atoms with Crippen LogP contribution in [0, 0.1) is 0 Å². The van der Waals surface area contributed by atoms with E-state index in [2.05, 4.69) is 28.9 Å². The zero-order valence-corrected chi connectivity index (χ0v) is 10.9. The van der Waals surface area contributed by atoms with E-state index >= 15 is 0 Å². The van der Waals surface area contributed by atoms with Gasteiger partial charge in [-0.05, 0) is 38.3 Å². The molecule has 1 atom stereocenters. The summed E-state index contributed by atoms with van der Waals surface area (Å²) >= 11 is 0. The Hall–Kier alpha value is -1.09. The van der Waals surface area contributed by atoms with Gasteiger partial charge in [-0.2, -0.15) is 0 Å². The lowest BCUT2D eigenvalue weighted by Gasteiger charge is -2.28. The molecular formula is C14H23N3. The van der Waals surface area contributed by atoms with Gasteiger partial charge in [0, 0.05) is 24.8 Å². The number of anilines is 1. The van der Waals surface area contributed by atoms with Gasteiger partial charge in [0.05, 0.1) is 0 Å². The van der Waals surface area contributed by atoms with Gasteiger partial charge in [0.2, 0.25) is 0 Å². The van der Waals surface area contributed by atoms with Crippen LogP contribution >= 0.6 is 0 Å². The standard InChI is InChI=1S/C14H23N3/c1-3-17(13-6-4-5-7-13)14-9-8-12(10-16-14)11(2)15/h8-11,13H,3-7,15H2,1-2H3/t11-/m0/s1. The highest BCUT2D eigenvalue weighted by Crippen LogP contribution is 2.27. The number of hydrogen-bond acceptors (Lipinski definition) is 3. The van der Waals surface area contributed by atoms with Gasteiger partial charge in [-0.15, -0.1) is 0 Å². The summed E-state index contributed by atoms with van der Waals surface area (Å²) in [6, 6.07) is 4.97. The van der Waals surface area contributed by atoms with Gasteiger partial charge in [-0.1, -0.05) is 18.9 Å². The topological polar surface area (TPSA) is 42.1 Å². The molecular weight excluding hydrogens is 210 g/mol. The minimum absolute atomic E-state index is 0.0677. The molecule has 0 aromatic carbocycles. The van der Waals surface area contributed by atoms with Gasteiger partial charge >= 0.3 is 0 Å². The Morgan fingerprint density at radius 2 is 2.12 bits per heavy atom. The first-order chi connectivity index (χ1) is 8.22. The van der Waals surface area contributed by atoms with E-state index in [0.717, 1.165) is 17.9 Å². The first-order valence-corrected chi connectivity index (χ1v) is 6.70. The van der Waals surface area contributed by atoms with Crippen LogP contribution in [0.4, 0.5) is 5.82 Å². The van der Waals surface area contributed by atoms with Crippen molar-refractivity contribution in [2.45, 2.75) is 51.6 Å². The van der Waals surface area contributed by atoms with Gasteiger partial charge in [0.25, 0.3) is 0 Å². The average Bonchev–Trinajstić information content (AvgIpc) is 2.84. The van der Waals surface area contributed by atoms with Crippen LogP contribution in [0.2, 0.25) is 0 Å². The molecule has 0 unspecified atom stereocenters. The molecule has 2 N–H and O–H groups in total. The third-order valence-electron chi connectivity index (χ3n) is 3.70. The monoisotopic (exact) mass is 233 g/mol. The van der Waals surface area contributed by atoms with Gasteiger partial charge < -0.3 is 10.6 Å². The number of nitrogens with zero attached hydrogens (tertiary/aromatic N) is 2. The van der Waals surface area contributed by atoms with Crippen molar-refractivity contribution in [1.29, 1.82) is 0 Å². The second-order valence-electron chi connectivity index (χ2n) is 4.96. The van der Waals surface area contributed by atoms with Crippen molar-refractivity contribution in [2.75, 3.05) is 11.4 Å². The average molecular weight is 233 g/mol. The Morgan fingerprint density at radius 1 is 1.41 bits per heavy atom. The van der Waals surface area contributed by atoms with Crippen molar-refractivity contribution in [3.05, 3.63) is 23.9 Å². The lowest BCUT2D eigenvalue weighted by atomic mass is 10.1. The highest BCUT2D eigenvalue weighted by molar-refractivity contribution is 5.41. The minimum Gasteiger partial charge on any atom is -0.354 e. The Labute approximate surface area is 104 Å². The normalized spacial score (nSPS) is 18.3. The van der Waals surface area contributed by atoms with Gasteiger partial charge in [0.15, 0.2) is 0 Å². The molecule has 0 radical (unpaired) electrons. The summed E-state index contributed by atoms with van der Waals surface area (Å²) in [5, 5.41) is 0. The number of pyridine rings is 1. The SMILES string of the molecule is CCN(c1ccc([C@H](C)N)cn1)C1CCCC1. The molecule has 0 bridgehead atoms. The summed E-state index contributed by atoms with van der Waals surface area (Å²) in [5.74, 6) is 1.10. The molecule has 1 aliphatic rings. The maximum Gasteiger partial charge on any atom is 0.128 e. The van der Waals surface area contributed by atoms with Gasteiger partial charge in [-0.3, -0.25) is 0 Å². The fourth-order valence-corrected chi connectivity index (χ4v) is 2.66. The van der Waals surface area contributed by atoms with Crippen molar-refractivity contribution in [2.24, 2.45) is 5.73 Å². The molecule has 0 amide bonds. The summed E-state index contributed by atoms with van der Waals surface area (Å²) in [5.41, 5.74) is 6.95. The molecule has 94 valence electrons. The zero-order valence-electron chi connectivity index (χ0n) is 10.9. The first-order valence-electron chi connectivity index (χ1n) is 6.70. The van der Waals surface area contributed by atoms with Crippen LogP contribution in [0.3, 0.4) is 0 Å². The Morgan fingerprint density at radius 3 is 2.59 bits per heavy atom. The lowest BCUT2D eigenvalue weighted by Crippen LogP contribution is -2.33. The smallest absolute Gasteiger partial charge is 0.128 e. The first kappa shape index (κ1) is 12.4. The van der Waals surface area contributed by atoms with Crippen molar-refractivity contribution in [3.63, 3.8) is 0 Å². The highest BCUT2D eigenvalue weighted by Gasteiger charge is 2.22. The van der Waals surface area contributed by atoms with Crippen molar-refractivity contribution in [1.82, 2.24) is 4.98 Å². The van der Waals surface area contributed by atoms with E-state index < -0.39 is 0 Å². The van der Waals surface area contributed by atoms with E-state index in [9.17, 15) is 0 Å². The Balaban J connectivity index is 2.13.